The highest BCUT2D eigenvalue weighted by atomic mass is 32.1. The van der Waals surface area contributed by atoms with Crippen LogP contribution >= 0.6 is 11.3 Å². The largest absolute Gasteiger partial charge is 0.369 e. The predicted octanol–water partition coefficient (Wildman–Crippen LogP) is 2.45. The highest BCUT2D eigenvalue weighted by Gasteiger charge is 2.36. The Labute approximate surface area is 143 Å². The Morgan fingerprint density at radius 1 is 1.33 bits per heavy atom. The van der Waals surface area contributed by atoms with Crippen molar-refractivity contribution < 1.29 is 4.79 Å². The molecule has 0 saturated carbocycles. The highest BCUT2D eigenvalue weighted by Crippen LogP contribution is 2.34. The summed E-state index contributed by atoms with van der Waals surface area (Å²) in [5.74, 6) is 0.215. The van der Waals surface area contributed by atoms with Gasteiger partial charge in [0.15, 0.2) is 5.96 Å². The van der Waals surface area contributed by atoms with Gasteiger partial charge in [0.05, 0.1) is 28.7 Å². The van der Waals surface area contributed by atoms with Crippen LogP contribution in [0.1, 0.15) is 18.9 Å². The number of rotatable bonds is 2. The molecule has 6 nitrogen and oxygen atoms in total. The number of fused-ring (bicyclic) bond motifs is 1. The molecule has 122 valence electrons. The minimum absolute atomic E-state index is 0.0331. The Bertz CT molecular complexity index is 959. The van der Waals surface area contributed by atoms with E-state index in [1.807, 2.05) is 47.3 Å². The molecule has 3 aromatic heterocycles. The van der Waals surface area contributed by atoms with Crippen molar-refractivity contribution in [1.29, 1.82) is 0 Å². The van der Waals surface area contributed by atoms with Gasteiger partial charge in [0.1, 0.15) is 5.65 Å². The van der Waals surface area contributed by atoms with Crippen LogP contribution in [0.15, 0.2) is 47.0 Å². The monoisotopic (exact) mass is 339 g/mol. The van der Waals surface area contributed by atoms with Crippen molar-refractivity contribution in [1.82, 2.24) is 14.3 Å². The Balaban J connectivity index is 1.86. The second-order valence-electron chi connectivity index (χ2n) is 6.14. The lowest BCUT2D eigenvalue weighted by Gasteiger charge is -2.33. The van der Waals surface area contributed by atoms with E-state index in [4.69, 9.17) is 5.73 Å². The number of aliphatic imine (C=N–C) groups is 1. The first-order valence-electron chi connectivity index (χ1n) is 7.61. The van der Waals surface area contributed by atoms with E-state index in [0.717, 1.165) is 21.8 Å². The molecule has 7 heteroatoms. The molecule has 1 aliphatic rings. The molecule has 0 radical (unpaired) electrons. The first kappa shape index (κ1) is 14.9. The molecule has 24 heavy (non-hydrogen) atoms. The summed E-state index contributed by atoms with van der Waals surface area (Å²) in [6, 6.07) is 8.01. The van der Waals surface area contributed by atoms with Crippen LogP contribution < -0.4 is 5.73 Å². The predicted molar refractivity (Wildman–Crippen MR) is 94.9 cm³/mol. The molecule has 1 aliphatic heterocycles. The highest BCUT2D eigenvalue weighted by molar-refractivity contribution is 7.13. The SMILES string of the molecule is CN1C(=O)C[C@@](C)(c2ccc3ncc(-c4cccs4)n3c2)N=C1N. The Hall–Kier alpha value is -2.67. The molecule has 4 rings (SSSR count). The van der Waals surface area contributed by atoms with Crippen LogP contribution in [0.5, 0.6) is 0 Å². The quantitative estimate of drug-likeness (QED) is 0.779. The number of carbonyl (C=O) groups excluding carboxylic acids is 1. The lowest BCUT2D eigenvalue weighted by molar-refractivity contribution is -0.128. The van der Waals surface area contributed by atoms with Crippen molar-refractivity contribution in [2.45, 2.75) is 18.9 Å². The maximum absolute atomic E-state index is 12.2. The van der Waals surface area contributed by atoms with Gasteiger partial charge in [-0.05, 0) is 30.0 Å². The lowest BCUT2D eigenvalue weighted by atomic mass is 9.89. The standard InChI is InChI=1S/C17H17N5OS/c1-17(8-15(23)21(2)16(18)20-17)11-5-6-14-19-9-12(22(14)10-11)13-4-3-7-24-13/h3-7,9-10H,8H2,1-2H3,(H2,18,20)/t17-/m0/s1. The van der Waals surface area contributed by atoms with Gasteiger partial charge in [0, 0.05) is 13.2 Å². The Morgan fingerprint density at radius 3 is 2.88 bits per heavy atom. The average molecular weight is 339 g/mol. The summed E-state index contributed by atoms with van der Waals surface area (Å²) in [6.07, 6.45) is 4.16. The summed E-state index contributed by atoms with van der Waals surface area (Å²) in [5, 5.41) is 2.04. The number of nitrogens with zero attached hydrogens (tertiary/aromatic N) is 4. The van der Waals surface area contributed by atoms with Gasteiger partial charge in [-0.25, -0.2) is 9.98 Å². The first-order valence-corrected chi connectivity index (χ1v) is 8.49. The number of aromatic nitrogens is 2. The van der Waals surface area contributed by atoms with Crippen LogP contribution in [-0.4, -0.2) is 33.2 Å². The molecule has 0 aromatic carbocycles. The van der Waals surface area contributed by atoms with Crippen molar-refractivity contribution in [2.24, 2.45) is 10.7 Å². The summed E-state index contributed by atoms with van der Waals surface area (Å²) < 4.78 is 2.04. The molecule has 0 aliphatic carbocycles. The summed E-state index contributed by atoms with van der Waals surface area (Å²) in [6.45, 7) is 1.94. The average Bonchev–Trinajstić information content (AvgIpc) is 3.20. The van der Waals surface area contributed by atoms with Crippen LogP contribution in [0.3, 0.4) is 0 Å². The zero-order chi connectivity index (χ0) is 16.9. The number of hydrogen-bond donors (Lipinski definition) is 1. The smallest absolute Gasteiger partial charge is 0.231 e. The van der Waals surface area contributed by atoms with Crippen molar-refractivity contribution >= 4 is 28.9 Å². The minimum atomic E-state index is -0.668. The van der Waals surface area contributed by atoms with E-state index in [0.29, 0.717) is 6.42 Å². The molecule has 0 bridgehead atoms. The van der Waals surface area contributed by atoms with Crippen LogP contribution in [0, 0.1) is 0 Å². The second-order valence-corrected chi connectivity index (χ2v) is 7.09. The van der Waals surface area contributed by atoms with E-state index < -0.39 is 5.54 Å². The molecule has 1 amide bonds. The summed E-state index contributed by atoms with van der Waals surface area (Å²) in [4.78, 5) is 23.8. The van der Waals surface area contributed by atoms with Gasteiger partial charge in [-0.15, -0.1) is 11.3 Å². The van der Waals surface area contributed by atoms with E-state index >= 15 is 0 Å². The third-order valence-corrected chi connectivity index (χ3v) is 5.37. The first-order chi connectivity index (χ1) is 11.5. The van der Waals surface area contributed by atoms with Gasteiger partial charge in [-0.3, -0.25) is 14.1 Å². The van der Waals surface area contributed by atoms with Crippen molar-refractivity contribution in [2.75, 3.05) is 7.05 Å². The Morgan fingerprint density at radius 2 is 2.17 bits per heavy atom. The van der Waals surface area contributed by atoms with Crippen molar-refractivity contribution in [3.8, 4) is 10.6 Å². The number of thiophene rings is 1. The summed E-state index contributed by atoms with van der Waals surface area (Å²) in [5.41, 5.74) is 8.08. The zero-order valence-electron chi connectivity index (χ0n) is 13.4. The molecule has 1 atom stereocenters. The third-order valence-electron chi connectivity index (χ3n) is 4.48. The molecule has 2 N–H and O–H groups in total. The number of nitrogens with two attached hydrogens (primary N) is 1. The van der Waals surface area contributed by atoms with Gasteiger partial charge in [-0.2, -0.15) is 0 Å². The minimum Gasteiger partial charge on any atom is -0.369 e. The third kappa shape index (κ3) is 2.20. The summed E-state index contributed by atoms with van der Waals surface area (Å²) >= 11 is 1.67. The van der Waals surface area contributed by atoms with E-state index in [2.05, 4.69) is 16.0 Å². The number of amides is 1. The van der Waals surface area contributed by atoms with Crippen LogP contribution in [-0.2, 0) is 10.3 Å². The molecule has 0 unspecified atom stereocenters. The van der Waals surface area contributed by atoms with Gasteiger partial charge in [0.2, 0.25) is 5.91 Å². The van der Waals surface area contributed by atoms with Gasteiger partial charge < -0.3 is 5.73 Å². The maximum atomic E-state index is 12.2. The molecular formula is C17H17N5OS. The number of guanidine groups is 1. The maximum Gasteiger partial charge on any atom is 0.231 e. The number of hydrogen-bond acceptors (Lipinski definition) is 5. The van der Waals surface area contributed by atoms with Crippen molar-refractivity contribution in [3.63, 3.8) is 0 Å². The van der Waals surface area contributed by atoms with E-state index in [1.54, 1.807) is 18.4 Å². The van der Waals surface area contributed by atoms with Crippen LogP contribution in [0.4, 0.5) is 0 Å². The molecule has 0 saturated heterocycles. The van der Waals surface area contributed by atoms with Gasteiger partial charge in [-0.1, -0.05) is 12.1 Å². The van der Waals surface area contributed by atoms with Gasteiger partial charge >= 0.3 is 0 Å². The van der Waals surface area contributed by atoms with Gasteiger partial charge in [0.25, 0.3) is 0 Å². The molecular weight excluding hydrogens is 322 g/mol. The topological polar surface area (TPSA) is 76.0 Å². The lowest BCUT2D eigenvalue weighted by Crippen LogP contribution is -2.47. The van der Waals surface area contributed by atoms with E-state index in [1.165, 1.54) is 4.90 Å². The number of imidazole rings is 1. The van der Waals surface area contributed by atoms with Crippen LogP contribution in [0.2, 0.25) is 0 Å². The van der Waals surface area contributed by atoms with E-state index in [9.17, 15) is 4.79 Å². The molecule has 4 heterocycles. The normalized spacial score (nSPS) is 21.3. The van der Waals surface area contributed by atoms with E-state index in [-0.39, 0.29) is 11.9 Å². The summed E-state index contributed by atoms with van der Waals surface area (Å²) in [7, 11) is 1.65. The fraction of sp³-hybridized carbons (Fsp3) is 0.235. The molecule has 0 fully saturated rings. The Kier molecular flexibility index (Phi) is 3.21. The molecule has 0 spiro atoms. The number of carbonyl (C=O) groups is 1. The van der Waals surface area contributed by atoms with Crippen LogP contribution in [0.25, 0.3) is 16.2 Å². The zero-order valence-corrected chi connectivity index (χ0v) is 14.2. The number of pyridine rings is 1. The van der Waals surface area contributed by atoms with Crippen molar-refractivity contribution in [3.05, 3.63) is 47.6 Å². The fourth-order valence-electron chi connectivity index (χ4n) is 2.98. The molecule has 3 aromatic rings. The second kappa shape index (κ2) is 5.17. The fourth-order valence-corrected chi connectivity index (χ4v) is 3.71.